The third-order valence-corrected chi connectivity index (χ3v) is 8.05. The minimum atomic E-state index is -0.187. The van der Waals surface area contributed by atoms with E-state index in [1.54, 1.807) is 0 Å². The van der Waals surface area contributed by atoms with Gasteiger partial charge in [-0.25, -0.2) is 0 Å². The average Bonchev–Trinajstić information content (AvgIpc) is 2.48. The molecule has 2 saturated carbocycles. The summed E-state index contributed by atoms with van der Waals surface area (Å²) in [6, 6.07) is 1.50. The average molecular weight is 396 g/mol. The Hall–Kier alpha value is -0.120. The summed E-state index contributed by atoms with van der Waals surface area (Å²) in [6.07, 6.45) is 3.59. The molecule has 0 saturated heterocycles. The second kappa shape index (κ2) is 8.55. The summed E-state index contributed by atoms with van der Waals surface area (Å²) < 4.78 is 0. The van der Waals surface area contributed by atoms with E-state index < -0.39 is 0 Å². The third-order valence-electron chi connectivity index (χ3n) is 8.05. The van der Waals surface area contributed by atoms with Gasteiger partial charge in [0.15, 0.2) is 0 Å². The van der Waals surface area contributed by atoms with Crippen molar-refractivity contribution in [3.05, 3.63) is 0 Å². The van der Waals surface area contributed by atoms with Gasteiger partial charge in [0.25, 0.3) is 0 Å². The zero-order chi connectivity index (χ0) is 21.6. The highest BCUT2D eigenvalue weighted by atomic mass is 16.3. The fourth-order valence-electron chi connectivity index (χ4n) is 6.41. The molecule has 0 radical (unpaired) electrons. The van der Waals surface area contributed by atoms with Crippen molar-refractivity contribution in [3.8, 4) is 0 Å². The van der Waals surface area contributed by atoms with Crippen LogP contribution in [0.2, 0.25) is 0 Å². The lowest BCUT2D eigenvalue weighted by Crippen LogP contribution is -2.59. The van der Waals surface area contributed by atoms with Crippen molar-refractivity contribution in [2.75, 3.05) is 0 Å². The Morgan fingerprint density at radius 2 is 1.00 bits per heavy atom. The lowest BCUT2D eigenvalue weighted by molar-refractivity contribution is -0.0999. The zero-order valence-corrected chi connectivity index (χ0v) is 20.4. The molecule has 0 amide bonds. The largest absolute Gasteiger partial charge is 0.393 e. The van der Waals surface area contributed by atoms with Crippen molar-refractivity contribution >= 4 is 0 Å². The highest BCUT2D eigenvalue weighted by Gasteiger charge is 2.48. The van der Waals surface area contributed by atoms with Crippen molar-refractivity contribution in [1.82, 2.24) is 4.90 Å². The molecule has 2 aliphatic carbocycles. The van der Waals surface area contributed by atoms with E-state index in [9.17, 15) is 10.2 Å². The van der Waals surface area contributed by atoms with Crippen LogP contribution in [0.5, 0.6) is 0 Å². The van der Waals surface area contributed by atoms with E-state index in [4.69, 9.17) is 0 Å². The summed E-state index contributed by atoms with van der Waals surface area (Å²) in [5.74, 6) is 1.70. The topological polar surface area (TPSA) is 43.7 Å². The zero-order valence-electron chi connectivity index (χ0n) is 20.4. The number of hydrogen-bond donors (Lipinski definition) is 2. The van der Waals surface area contributed by atoms with Gasteiger partial charge in [-0.05, 0) is 74.0 Å². The lowest BCUT2D eigenvalue weighted by atomic mass is 9.63. The van der Waals surface area contributed by atoms with Gasteiger partial charge in [0.1, 0.15) is 0 Å². The number of aliphatic hydroxyl groups is 2. The van der Waals surface area contributed by atoms with Crippen molar-refractivity contribution in [2.24, 2.45) is 34.5 Å². The van der Waals surface area contributed by atoms with Gasteiger partial charge in [0, 0.05) is 18.1 Å². The summed E-state index contributed by atoms with van der Waals surface area (Å²) in [7, 11) is 0. The van der Waals surface area contributed by atoms with E-state index in [0.717, 1.165) is 25.7 Å². The minimum absolute atomic E-state index is 0.128. The van der Waals surface area contributed by atoms with Crippen LogP contribution in [0.3, 0.4) is 0 Å². The van der Waals surface area contributed by atoms with Gasteiger partial charge in [-0.1, -0.05) is 55.4 Å². The molecule has 0 aromatic carbocycles. The van der Waals surface area contributed by atoms with E-state index in [1.165, 1.54) is 0 Å². The van der Waals surface area contributed by atoms with Crippen LogP contribution in [0.25, 0.3) is 0 Å². The quantitative estimate of drug-likeness (QED) is 0.678. The molecule has 28 heavy (non-hydrogen) atoms. The summed E-state index contributed by atoms with van der Waals surface area (Å²) in [5.41, 5.74) is 0.256. The van der Waals surface area contributed by atoms with Crippen LogP contribution >= 0.6 is 0 Å². The second-order valence-corrected chi connectivity index (χ2v) is 12.7. The molecule has 8 atom stereocenters. The van der Waals surface area contributed by atoms with E-state index in [-0.39, 0.29) is 23.0 Å². The standard InChI is InChI=1S/C25H49NO2/c1-15(2)26(20-13-18(24(5,6)7)22(27)11-16(20)3)21-14-19(25(8,9)10)23(28)12-17(21)4/h15-23,27-28H,11-14H2,1-10H3. The molecule has 3 heteroatoms. The smallest absolute Gasteiger partial charge is 0.0577 e. The van der Waals surface area contributed by atoms with E-state index in [0.29, 0.717) is 41.8 Å². The third kappa shape index (κ3) is 5.13. The predicted molar refractivity (Wildman–Crippen MR) is 119 cm³/mol. The lowest BCUT2D eigenvalue weighted by Gasteiger charge is -2.55. The first-order valence-corrected chi connectivity index (χ1v) is 11.8. The Morgan fingerprint density at radius 1 is 0.679 bits per heavy atom. The van der Waals surface area contributed by atoms with Crippen LogP contribution in [0, 0.1) is 34.5 Å². The molecule has 3 nitrogen and oxygen atoms in total. The van der Waals surface area contributed by atoms with Gasteiger partial charge in [-0.3, -0.25) is 4.90 Å². The predicted octanol–water partition coefficient (Wildman–Crippen LogP) is 5.34. The molecule has 0 aliphatic heterocycles. The highest BCUT2D eigenvalue weighted by molar-refractivity contribution is 5.00. The Bertz CT molecular complexity index is 462. The number of nitrogens with zero attached hydrogens (tertiary/aromatic N) is 1. The minimum Gasteiger partial charge on any atom is -0.393 e. The number of rotatable bonds is 3. The van der Waals surface area contributed by atoms with Crippen molar-refractivity contribution in [1.29, 1.82) is 0 Å². The van der Waals surface area contributed by atoms with E-state index in [1.807, 2.05) is 0 Å². The first-order valence-electron chi connectivity index (χ1n) is 11.8. The van der Waals surface area contributed by atoms with Gasteiger partial charge in [-0.2, -0.15) is 0 Å². The van der Waals surface area contributed by atoms with Crippen molar-refractivity contribution in [2.45, 2.75) is 125 Å². The maximum Gasteiger partial charge on any atom is 0.0577 e. The molecular weight excluding hydrogens is 346 g/mol. The molecule has 8 unspecified atom stereocenters. The van der Waals surface area contributed by atoms with Gasteiger partial charge in [0.2, 0.25) is 0 Å². The van der Waals surface area contributed by atoms with Crippen LogP contribution in [0.4, 0.5) is 0 Å². The first kappa shape index (κ1) is 24.2. The fraction of sp³-hybridized carbons (Fsp3) is 1.00. The SMILES string of the molecule is CC1CC(O)C(C(C)(C)C)CC1N(C(C)C)C1CC(C(C)(C)C)C(O)CC1C. The molecule has 2 N–H and O–H groups in total. The Kier molecular flexibility index (Phi) is 7.38. The molecule has 2 rings (SSSR count). The van der Waals surface area contributed by atoms with Crippen LogP contribution < -0.4 is 0 Å². The number of aliphatic hydroxyl groups excluding tert-OH is 2. The van der Waals surface area contributed by atoms with Gasteiger partial charge in [0.05, 0.1) is 12.2 Å². The molecule has 0 spiro atoms. The van der Waals surface area contributed by atoms with Crippen molar-refractivity contribution in [3.63, 3.8) is 0 Å². The fourth-order valence-corrected chi connectivity index (χ4v) is 6.41. The molecule has 166 valence electrons. The van der Waals surface area contributed by atoms with Gasteiger partial charge >= 0.3 is 0 Å². The summed E-state index contributed by atoms with van der Waals surface area (Å²) in [4.78, 5) is 2.80. The van der Waals surface area contributed by atoms with Crippen LogP contribution in [0.1, 0.15) is 94.9 Å². The van der Waals surface area contributed by atoms with Gasteiger partial charge < -0.3 is 10.2 Å². The molecule has 2 fully saturated rings. The summed E-state index contributed by atoms with van der Waals surface area (Å²) in [6.45, 7) is 23.0. The highest BCUT2D eigenvalue weighted by Crippen LogP contribution is 2.47. The molecule has 0 aromatic heterocycles. The van der Waals surface area contributed by atoms with Gasteiger partial charge in [-0.15, -0.1) is 0 Å². The maximum atomic E-state index is 10.8. The Morgan fingerprint density at radius 3 is 1.25 bits per heavy atom. The Balaban J connectivity index is 2.32. The van der Waals surface area contributed by atoms with Crippen LogP contribution in [0.15, 0.2) is 0 Å². The van der Waals surface area contributed by atoms with Crippen LogP contribution in [-0.4, -0.2) is 45.4 Å². The van der Waals surface area contributed by atoms with E-state index in [2.05, 4.69) is 74.1 Å². The first-order chi connectivity index (χ1) is 12.6. The normalized spacial score (nSPS) is 40.9. The number of hydrogen-bond acceptors (Lipinski definition) is 3. The van der Waals surface area contributed by atoms with Crippen molar-refractivity contribution < 1.29 is 10.2 Å². The van der Waals surface area contributed by atoms with Crippen LogP contribution in [-0.2, 0) is 0 Å². The molecule has 0 bridgehead atoms. The molecule has 0 heterocycles. The Labute approximate surface area is 175 Å². The monoisotopic (exact) mass is 395 g/mol. The maximum absolute atomic E-state index is 10.8. The second-order valence-electron chi connectivity index (χ2n) is 12.7. The summed E-state index contributed by atoms with van der Waals surface area (Å²) in [5, 5.41) is 21.6. The molecule has 0 aromatic rings. The van der Waals surface area contributed by atoms with E-state index >= 15 is 0 Å². The molecule has 2 aliphatic rings. The molecular formula is C25H49NO2. The summed E-state index contributed by atoms with van der Waals surface area (Å²) >= 11 is 0.